The molecule has 1 aliphatic rings. The van der Waals surface area contributed by atoms with E-state index in [9.17, 15) is 4.79 Å². The second-order valence-electron chi connectivity index (χ2n) is 11.2. The van der Waals surface area contributed by atoms with Crippen LogP contribution >= 0.6 is 0 Å². The lowest BCUT2D eigenvalue weighted by Crippen LogP contribution is -2.49. The van der Waals surface area contributed by atoms with E-state index in [2.05, 4.69) is 95.7 Å². The van der Waals surface area contributed by atoms with E-state index in [1.54, 1.807) is 0 Å². The fourth-order valence-corrected chi connectivity index (χ4v) is 6.37. The zero-order chi connectivity index (χ0) is 27.8. The van der Waals surface area contributed by atoms with Crippen LogP contribution in [-0.2, 0) is 29.6 Å². The molecule has 206 valence electrons. The molecule has 1 saturated heterocycles. The van der Waals surface area contributed by atoms with E-state index in [0.29, 0.717) is 0 Å². The van der Waals surface area contributed by atoms with Gasteiger partial charge in [-0.2, -0.15) is 0 Å². The maximum atomic E-state index is 13.3. The van der Waals surface area contributed by atoms with E-state index in [1.807, 2.05) is 36.4 Å². The molecule has 1 unspecified atom stereocenters. The number of carbonyl (C=O) groups is 1. The Morgan fingerprint density at radius 1 is 0.775 bits per heavy atom. The van der Waals surface area contributed by atoms with Crippen molar-refractivity contribution in [1.29, 1.82) is 0 Å². The number of primary amides is 1. The van der Waals surface area contributed by atoms with Crippen LogP contribution in [0.2, 0.25) is 0 Å². The first kappa shape index (κ1) is 27.8. The van der Waals surface area contributed by atoms with Crippen molar-refractivity contribution < 1.29 is 4.79 Å². The molecule has 1 heterocycles. The molecule has 0 bridgehead atoms. The van der Waals surface area contributed by atoms with Gasteiger partial charge in [0, 0.05) is 26.2 Å². The third-order valence-corrected chi connectivity index (χ3v) is 8.55. The summed E-state index contributed by atoms with van der Waals surface area (Å²) in [6, 6.07) is 40.0. The van der Waals surface area contributed by atoms with Crippen LogP contribution < -0.4 is 5.73 Å². The summed E-state index contributed by atoms with van der Waals surface area (Å²) in [6.45, 7) is 4.83. The van der Waals surface area contributed by atoms with Gasteiger partial charge in [0.2, 0.25) is 5.91 Å². The lowest BCUT2D eigenvalue weighted by molar-refractivity contribution is -0.123. The van der Waals surface area contributed by atoms with Gasteiger partial charge in [0.1, 0.15) is 5.41 Å². The Balaban J connectivity index is 1.19. The molecule has 40 heavy (non-hydrogen) atoms. The number of hydrogen-bond acceptors (Lipinski definition) is 3. The highest BCUT2D eigenvalue weighted by Gasteiger charge is 2.49. The quantitative estimate of drug-likeness (QED) is 0.255. The van der Waals surface area contributed by atoms with Gasteiger partial charge >= 0.3 is 0 Å². The second-order valence-corrected chi connectivity index (χ2v) is 11.2. The third kappa shape index (κ3) is 6.35. The molecule has 0 aliphatic carbocycles. The fraction of sp³-hybridized carbons (Fsp3) is 0.306. The summed E-state index contributed by atoms with van der Waals surface area (Å²) in [5, 5.41) is 0. The van der Waals surface area contributed by atoms with Crippen LogP contribution in [0.5, 0.6) is 0 Å². The Hall–Kier alpha value is -3.73. The summed E-state index contributed by atoms with van der Waals surface area (Å²) in [5.41, 5.74) is 11.5. The predicted octanol–water partition coefficient (Wildman–Crippen LogP) is 5.70. The molecule has 1 aliphatic heterocycles. The molecule has 1 fully saturated rings. The van der Waals surface area contributed by atoms with Crippen LogP contribution in [0.4, 0.5) is 0 Å². The van der Waals surface area contributed by atoms with Gasteiger partial charge in [0.15, 0.2) is 0 Å². The standard InChI is InChI=1S/C36H41N3O/c1-38(27-31-11-5-2-6-12-31)24-21-29-17-19-30(20-18-29)22-25-39-26-23-34(28-39)36(35(37)40,32-13-7-3-8-14-32)33-15-9-4-10-16-33/h2-20,34H,21-28H2,1H3,(H2,37,40). The van der Waals surface area contributed by atoms with Gasteiger partial charge in [0.25, 0.3) is 0 Å². The number of carbonyl (C=O) groups excluding carboxylic acids is 1. The van der Waals surface area contributed by atoms with Crippen molar-refractivity contribution >= 4 is 5.91 Å². The number of nitrogens with two attached hydrogens (primary N) is 1. The van der Waals surface area contributed by atoms with Crippen LogP contribution in [0, 0.1) is 5.92 Å². The maximum Gasteiger partial charge on any atom is 0.232 e. The van der Waals surface area contributed by atoms with Crippen LogP contribution in [0.25, 0.3) is 0 Å². The van der Waals surface area contributed by atoms with Gasteiger partial charge in [-0.3, -0.25) is 4.79 Å². The van der Waals surface area contributed by atoms with Crippen molar-refractivity contribution in [2.24, 2.45) is 11.7 Å². The van der Waals surface area contributed by atoms with Crippen LogP contribution in [0.3, 0.4) is 0 Å². The molecule has 0 spiro atoms. The summed E-state index contributed by atoms with van der Waals surface area (Å²) in [5.74, 6) is -0.133. The lowest BCUT2D eigenvalue weighted by Gasteiger charge is -2.37. The Kier molecular flexibility index (Phi) is 9.10. The molecule has 4 heteroatoms. The summed E-state index contributed by atoms with van der Waals surface area (Å²) in [6.07, 6.45) is 2.99. The maximum absolute atomic E-state index is 13.3. The minimum absolute atomic E-state index is 0.130. The van der Waals surface area contributed by atoms with E-state index in [0.717, 1.165) is 63.1 Å². The molecule has 4 aromatic carbocycles. The number of hydrogen-bond donors (Lipinski definition) is 1. The van der Waals surface area contributed by atoms with Crippen molar-refractivity contribution in [2.45, 2.75) is 31.2 Å². The highest BCUT2D eigenvalue weighted by molar-refractivity contribution is 5.91. The number of likely N-dealkylation sites (tertiary alicyclic amines) is 1. The fourth-order valence-electron chi connectivity index (χ4n) is 6.37. The third-order valence-electron chi connectivity index (χ3n) is 8.55. The van der Waals surface area contributed by atoms with Gasteiger partial charge in [0.05, 0.1) is 0 Å². The molecule has 2 N–H and O–H groups in total. The molecular formula is C36H41N3O. The Morgan fingerprint density at radius 2 is 1.30 bits per heavy atom. The number of rotatable bonds is 12. The minimum atomic E-state index is -0.827. The summed E-state index contributed by atoms with van der Waals surface area (Å²) in [7, 11) is 2.19. The summed E-state index contributed by atoms with van der Waals surface area (Å²) in [4.78, 5) is 18.2. The van der Waals surface area contributed by atoms with Crippen LogP contribution in [0.1, 0.15) is 34.2 Å². The van der Waals surface area contributed by atoms with Gasteiger partial charge in [-0.1, -0.05) is 115 Å². The summed E-state index contributed by atoms with van der Waals surface area (Å²) >= 11 is 0. The SMILES string of the molecule is CN(CCc1ccc(CCN2CCC(C(C(N)=O)(c3ccccc3)c3ccccc3)C2)cc1)Cc1ccccc1. The molecule has 1 atom stereocenters. The van der Waals surface area contributed by atoms with Crippen molar-refractivity contribution in [3.63, 3.8) is 0 Å². The summed E-state index contributed by atoms with van der Waals surface area (Å²) < 4.78 is 0. The highest BCUT2D eigenvalue weighted by Crippen LogP contribution is 2.43. The Bertz CT molecular complexity index is 1300. The van der Waals surface area contributed by atoms with E-state index < -0.39 is 5.41 Å². The molecule has 1 amide bonds. The second kappa shape index (κ2) is 13.1. The molecule has 4 nitrogen and oxygen atoms in total. The van der Waals surface area contributed by atoms with E-state index in [-0.39, 0.29) is 11.8 Å². The first-order valence-corrected chi connectivity index (χ1v) is 14.5. The normalized spacial score (nSPS) is 15.9. The lowest BCUT2D eigenvalue weighted by atomic mass is 9.64. The van der Waals surface area contributed by atoms with Gasteiger partial charge in [-0.25, -0.2) is 0 Å². The van der Waals surface area contributed by atoms with Crippen LogP contribution in [-0.4, -0.2) is 48.9 Å². The van der Waals surface area contributed by atoms with E-state index in [4.69, 9.17) is 5.73 Å². The Labute approximate surface area is 239 Å². The van der Waals surface area contributed by atoms with Crippen LogP contribution in [0.15, 0.2) is 115 Å². The first-order chi connectivity index (χ1) is 19.6. The number of benzene rings is 4. The van der Waals surface area contributed by atoms with Crippen molar-refractivity contribution in [2.75, 3.05) is 33.2 Å². The molecule has 0 aromatic heterocycles. The molecular weight excluding hydrogens is 490 g/mol. The zero-order valence-corrected chi connectivity index (χ0v) is 23.6. The minimum Gasteiger partial charge on any atom is -0.369 e. The number of likely N-dealkylation sites (N-methyl/N-ethyl adjacent to an activating group) is 1. The topological polar surface area (TPSA) is 49.6 Å². The largest absolute Gasteiger partial charge is 0.369 e. The Morgan fingerprint density at radius 3 is 1.85 bits per heavy atom. The number of amides is 1. The molecule has 0 saturated carbocycles. The van der Waals surface area contributed by atoms with Crippen molar-refractivity contribution in [3.05, 3.63) is 143 Å². The monoisotopic (exact) mass is 531 g/mol. The van der Waals surface area contributed by atoms with Crippen molar-refractivity contribution in [3.8, 4) is 0 Å². The van der Waals surface area contributed by atoms with Gasteiger partial charge < -0.3 is 15.5 Å². The average molecular weight is 532 g/mol. The predicted molar refractivity (Wildman–Crippen MR) is 164 cm³/mol. The smallest absolute Gasteiger partial charge is 0.232 e. The van der Waals surface area contributed by atoms with E-state index in [1.165, 1.54) is 16.7 Å². The highest BCUT2D eigenvalue weighted by atomic mass is 16.1. The van der Waals surface area contributed by atoms with Gasteiger partial charge in [-0.05, 0) is 66.6 Å². The van der Waals surface area contributed by atoms with E-state index >= 15 is 0 Å². The molecule has 4 aromatic rings. The average Bonchev–Trinajstić information content (AvgIpc) is 3.46. The molecule has 5 rings (SSSR count). The van der Waals surface area contributed by atoms with Gasteiger partial charge in [-0.15, -0.1) is 0 Å². The first-order valence-electron chi connectivity index (χ1n) is 14.5. The van der Waals surface area contributed by atoms with Crippen molar-refractivity contribution in [1.82, 2.24) is 9.80 Å². The molecule has 0 radical (unpaired) electrons. The number of nitrogens with zero attached hydrogens (tertiary/aromatic N) is 2. The zero-order valence-electron chi connectivity index (χ0n) is 23.6.